The van der Waals surface area contributed by atoms with Crippen molar-refractivity contribution in [2.75, 3.05) is 31.1 Å². The van der Waals surface area contributed by atoms with Crippen LogP contribution in [0.3, 0.4) is 0 Å². The minimum absolute atomic E-state index is 0.193. The Morgan fingerprint density at radius 1 is 1.04 bits per heavy atom. The lowest BCUT2D eigenvalue weighted by molar-refractivity contribution is -0.924. The molecule has 28 heavy (non-hydrogen) atoms. The lowest BCUT2D eigenvalue weighted by Gasteiger charge is -2.33. The number of aromatic nitrogens is 3. The van der Waals surface area contributed by atoms with E-state index >= 15 is 0 Å². The number of hydrogen-bond acceptors (Lipinski definition) is 3. The van der Waals surface area contributed by atoms with Gasteiger partial charge in [-0.15, -0.1) is 0 Å². The van der Waals surface area contributed by atoms with Gasteiger partial charge in [0, 0.05) is 5.69 Å². The summed E-state index contributed by atoms with van der Waals surface area (Å²) in [5.74, 6) is 0.714. The second kappa shape index (κ2) is 7.85. The van der Waals surface area contributed by atoms with Crippen LogP contribution in [0.1, 0.15) is 11.4 Å². The summed E-state index contributed by atoms with van der Waals surface area (Å²) in [6.07, 6.45) is 0. The Labute approximate surface area is 169 Å². The third kappa shape index (κ3) is 3.72. The smallest absolute Gasteiger partial charge is 0.207 e. The van der Waals surface area contributed by atoms with Crippen LogP contribution in [0.2, 0.25) is 0 Å². The van der Waals surface area contributed by atoms with Gasteiger partial charge in [-0.25, -0.2) is 4.39 Å². The number of piperazine rings is 1. The molecule has 0 saturated carbocycles. The Balaban J connectivity index is 1.46. The van der Waals surface area contributed by atoms with Crippen molar-refractivity contribution in [2.24, 2.45) is 0 Å². The lowest BCUT2D eigenvalue weighted by atomic mass is 10.2. The number of hydrogen-bond donors (Lipinski definition) is 1. The molecule has 0 spiro atoms. The number of nitrogens with one attached hydrogen (secondary N) is 1. The summed E-state index contributed by atoms with van der Waals surface area (Å²) in [5, 5.41) is 4.71. The number of aryl methyl sites for hydroxylation is 2. The Bertz CT molecular complexity index is 1020. The molecule has 1 fully saturated rings. The molecule has 1 aliphatic rings. The molecule has 1 N–H and O–H groups in total. The van der Waals surface area contributed by atoms with E-state index < -0.39 is 0 Å². The molecule has 1 aliphatic heterocycles. The zero-order valence-corrected chi connectivity index (χ0v) is 17.0. The Hall–Kier alpha value is -2.51. The van der Waals surface area contributed by atoms with Gasteiger partial charge in [-0.3, -0.25) is 4.57 Å². The molecule has 4 rings (SSSR count). The Kier molecular flexibility index (Phi) is 5.28. The van der Waals surface area contributed by atoms with E-state index in [1.807, 2.05) is 35.9 Å². The lowest BCUT2D eigenvalue weighted by Crippen LogP contribution is -3.14. The van der Waals surface area contributed by atoms with Crippen LogP contribution in [-0.4, -0.2) is 40.5 Å². The first-order chi connectivity index (χ1) is 13.5. The van der Waals surface area contributed by atoms with E-state index in [-0.39, 0.29) is 5.82 Å². The molecule has 146 valence electrons. The molecule has 1 saturated heterocycles. The largest absolute Gasteiger partial charge is 0.360 e. The summed E-state index contributed by atoms with van der Waals surface area (Å²) in [6.45, 7) is 8.71. The highest BCUT2D eigenvalue weighted by Gasteiger charge is 2.22. The zero-order valence-electron chi connectivity index (χ0n) is 16.2. The van der Waals surface area contributed by atoms with Gasteiger partial charge in [-0.2, -0.15) is 9.78 Å². The highest BCUT2D eigenvalue weighted by atomic mass is 32.1. The molecule has 0 radical (unpaired) electrons. The fraction of sp³-hybridized carbons (Fsp3) is 0.333. The SMILES string of the molecule is Cc1ccccc1-n1c(C)nn(C[NH+]2CCN(c3ccc(F)cc3)CC2)c1=S. The van der Waals surface area contributed by atoms with Crippen LogP contribution in [0, 0.1) is 24.4 Å². The monoisotopic (exact) mass is 398 g/mol. The van der Waals surface area contributed by atoms with Gasteiger partial charge in [0.25, 0.3) is 0 Å². The first-order valence-corrected chi connectivity index (χ1v) is 10.0. The summed E-state index contributed by atoms with van der Waals surface area (Å²) in [5.41, 5.74) is 3.35. The van der Waals surface area contributed by atoms with E-state index in [1.54, 1.807) is 0 Å². The van der Waals surface area contributed by atoms with Crippen molar-refractivity contribution in [3.05, 3.63) is 70.5 Å². The molecular formula is C21H25FN5S+. The van der Waals surface area contributed by atoms with E-state index in [0.29, 0.717) is 0 Å². The first-order valence-electron chi connectivity index (χ1n) is 9.59. The molecule has 2 aromatic carbocycles. The average Bonchev–Trinajstić information content (AvgIpc) is 2.97. The molecule has 2 heterocycles. The minimum atomic E-state index is -0.193. The Morgan fingerprint density at radius 2 is 1.71 bits per heavy atom. The standard InChI is InChI=1S/C21H24FN5S/c1-16-5-3-4-6-20(16)27-17(2)23-26(21(27)28)15-24-11-13-25(14-12-24)19-9-7-18(22)8-10-19/h3-10H,11-15H2,1-2H3/p+1. The van der Waals surface area contributed by atoms with Gasteiger partial charge in [0.1, 0.15) is 11.6 Å². The predicted molar refractivity (Wildman–Crippen MR) is 111 cm³/mol. The topological polar surface area (TPSA) is 30.4 Å². The van der Waals surface area contributed by atoms with Crippen LogP contribution in [0.25, 0.3) is 5.69 Å². The number of para-hydroxylation sites is 1. The second-order valence-corrected chi connectivity index (χ2v) is 7.69. The van der Waals surface area contributed by atoms with Crippen molar-refractivity contribution in [1.82, 2.24) is 14.3 Å². The normalized spacial score (nSPS) is 15.2. The van der Waals surface area contributed by atoms with E-state index in [9.17, 15) is 4.39 Å². The van der Waals surface area contributed by atoms with Crippen LogP contribution >= 0.6 is 12.2 Å². The molecule has 3 aromatic rings. The molecule has 0 aliphatic carbocycles. The summed E-state index contributed by atoms with van der Waals surface area (Å²) < 4.78 is 17.9. The van der Waals surface area contributed by atoms with Crippen molar-refractivity contribution in [2.45, 2.75) is 20.5 Å². The van der Waals surface area contributed by atoms with Gasteiger partial charge in [-0.1, -0.05) is 18.2 Å². The number of benzene rings is 2. The number of quaternary nitrogens is 1. The zero-order chi connectivity index (χ0) is 19.7. The number of rotatable bonds is 4. The molecule has 0 amide bonds. The molecule has 7 heteroatoms. The second-order valence-electron chi connectivity index (χ2n) is 7.32. The number of nitrogens with zero attached hydrogens (tertiary/aromatic N) is 4. The molecular weight excluding hydrogens is 373 g/mol. The summed E-state index contributed by atoms with van der Waals surface area (Å²) in [4.78, 5) is 3.75. The van der Waals surface area contributed by atoms with Crippen LogP contribution in [0.4, 0.5) is 10.1 Å². The van der Waals surface area contributed by atoms with Crippen LogP contribution < -0.4 is 9.80 Å². The molecule has 1 aromatic heterocycles. The fourth-order valence-corrected chi connectivity index (χ4v) is 4.15. The van der Waals surface area contributed by atoms with Crippen LogP contribution in [-0.2, 0) is 6.67 Å². The summed E-state index contributed by atoms with van der Waals surface area (Å²) in [7, 11) is 0. The maximum atomic E-state index is 13.1. The third-order valence-corrected chi connectivity index (χ3v) is 5.79. The highest BCUT2D eigenvalue weighted by molar-refractivity contribution is 7.71. The van der Waals surface area contributed by atoms with Gasteiger partial charge in [0.05, 0.1) is 31.9 Å². The number of anilines is 1. The predicted octanol–water partition coefficient (Wildman–Crippen LogP) is 2.52. The van der Waals surface area contributed by atoms with Crippen molar-refractivity contribution in [3.63, 3.8) is 0 Å². The molecule has 0 atom stereocenters. The van der Waals surface area contributed by atoms with Gasteiger partial charge in [0.2, 0.25) is 4.77 Å². The van der Waals surface area contributed by atoms with Crippen molar-refractivity contribution in [3.8, 4) is 5.69 Å². The van der Waals surface area contributed by atoms with Crippen molar-refractivity contribution in [1.29, 1.82) is 0 Å². The molecule has 5 nitrogen and oxygen atoms in total. The van der Waals surface area contributed by atoms with Gasteiger partial charge in [0.15, 0.2) is 6.67 Å². The van der Waals surface area contributed by atoms with Crippen LogP contribution in [0.15, 0.2) is 48.5 Å². The number of halogens is 1. The quantitative estimate of drug-likeness (QED) is 0.685. The molecule has 0 unspecified atom stereocenters. The first kappa shape index (κ1) is 18.8. The highest BCUT2D eigenvalue weighted by Crippen LogP contribution is 2.16. The minimum Gasteiger partial charge on any atom is -0.360 e. The van der Waals surface area contributed by atoms with Crippen molar-refractivity contribution >= 4 is 17.9 Å². The fourth-order valence-electron chi connectivity index (χ4n) is 3.81. The van der Waals surface area contributed by atoms with Gasteiger partial charge in [-0.05, 0) is 62.0 Å². The summed E-state index contributed by atoms with van der Waals surface area (Å²) in [6, 6.07) is 15.0. The maximum absolute atomic E-state index is 13.1. The third-order valence-electron chi connectivity index (χ3n) is 5.39. The van der Waals surface area contributed by atoms with E-state index in [1.165, 1.54) is 22.6 Å². The van der Waals surface area contributed by atoms with Gasteiger partial charge < -0.3 is 9.80 Å². The van der Waals surface area contributed by atoms with E-state index in [0.717, 1.165) is 54.8 Å². The molecule has 0 bridgehead atoms. The Morgan fingerprint density at radius 3 is 2.39 bits per heavy atom. The van der Waals surface area contributed by atoms with E-state index in [2.05, 4.69) is 28.5 Å². The van der Waals surface area contributed by atoms with E-state index in [4.69, 9.17) is 17.3 Å². The van der Waals surface area contributed by atoms with Gasteiger partial charge >= 0.3 is 0 Å². The van der Waals surface area contributed by atoms with Crippen molar-refractivity contribution < 1.29 is 9.29 Å². The maximum Gasteiger partial charge on any atom is 0.207 e. The average molecular weight is 399 g/mol. The summed E-state index contributed by atoms with van der Waals surface area (Å²) >= 11 is 5.74. The van der Waals surface area contributed by atoms with Crippen LogP contribution in [0.5, 0.6) is 0 Å².